The number of aryl methyl sites for hydroxylation is 1. The molecule has 0 spiro atoms. The Bertz CT molecular complexity index is 792. The maximum atomic E-state index is 12.1. The normalized spacial score (nSPS) is 12.7. The third kappa shape index (κ3) is 4.84. The van der Waals surface area contributed by atoms with Crippen molar-refractivity contribution in [3.05, 3.63) is 47.5 Å². The van der Waals surface area contributed by atoms with Gasteiger partial charge in [0.25, 0.3) is 0 Å². The summed E-state index contributed by atoms with van der Waals surface area (Å²) >= 11 is 0. The highest BCUT2D eigenvalue weighted by molar-refractivity contribution is 5.91. The van der Waals surface area contributed by atoms with Crippen LogP contribution in [0.1, 0.15) is 24.0 Å². The molecule has 2 aromatic carbocycles. The lowest BCUT2D eigenvalue weighted by Gasteiger charge is -2.19. The standard InChI is InChI=1S/C21H26N2O4/c1-25-16-10-11-18(20(14-16)26-2)23-21(24)22-12-13-27-19-9-5-7-15-6-3-4-8-17(15)19/h5,7,9-11,14H,3-4,6,8,12-13H2,1-2H3,(H2,22,23,24). The van der Waals surface area contributed by atoms with Gasteiger partial charge in [-0.05, 0) is 55.0 Å². The molecule has 2 N–H and O–H groups in total. The van der Waals surface area contributed by atoms with Gasteiger partial charge in [0.15, 0.2) is 0 Å². The fourth-order valence-electron chi connectivity index (χ4n) is 3.28. The second kappa shape index (κ2) is 9.16. The first kappa shape index (κ1) is 18.9. The number of benzene rings is 2. The Hall–Kier alpha value is -2.89. The van der Waals surface area contributed by atoms with Crippen LogP contribution < -0.4 is 24.8 Å². The molecule has 2 aromatic rings. The number of carbonyl (C=O) groups excluding carboxylic acids is 1. The molecular formula is C21H26N2O4. The van der Waals surface area contributed by atoms with Crippen LogP contribution in [0, 0.1) is 0 Å². The van der Waals surface area contributed by atoms with Crippen LogP contribution in [0.15, 0.2) is 36.4 Å². The van der Waals surface area contributed by atoms with E-state index in [0.29, 0.717) is 30.3 Å². The fraction of sp³-hybridized carbons (Fsp3) is 0.381. The van der Waals surface area contributed by atoms with Gasteiger partial charge in [-0.2, -0.15) is 0 Å². The van der Waals surface area contributed by atoms with E-state index >= 15 is 0 Å². The van der Waals surface area contributed by atoms with Crippen LogP contribution in [-0.4, -0.2) is 33.4 Å². The first-order valence-electron chi connectivity index (χ1n) is 9.21. The summed E-state index contributed by atoms with van der Waals surface area (Å²) in [5.74, 6) is 2.14. The molecule has 0 atom stereocenters. The molecule has 0 unspecified atom stereocenters. The summed E-state index contributed by atoms with van der Waals surface area (Å²) in [6.07, 6.45) is 4.64. The number of methoxy groups -OCH3 is 2. The summed E-state index contributed by atoms with van der Waals surface area (Å²) in [4.78, 5) is 12.1. The van der Waals surface area contributed by atoms with Gasteiger partial charge >= 0.3 is 6.03 Å². The molecule has 144 valence electrons. The molecule has 0 bridgehead atoms. The number of fused-ring (bicyclic) bond motifs is 1. The van der Waals surface area contributed by atoms with Crippen molar-refractivity contribution < 1.29 is 19.0 Å². The molecule has 6 heteroatoms. The summed E-state index contributed by atoms with van der Waals surface area (Å²) < 4.78 is 16.3. The predicted octanol–water partition coefficient (Wildman–Crippen LogP) is 3.78. The average molecular weight is 370 g/mol. The van der Waals surface area contributed by atoms with E-state index in [9.17, 15) is 4.79 Å². The monoisotopic (exact) mass is 370 g/mol. The Morgan fingerprint density at radius 1 is 1.04 bits per heavy atom. The SMILES string of the molecule is COc1ccc(NC(=O)NCCOc2cccc3c2CCCC3)c(OC)c1. The maximum absolute atomic E-state index is 12.1. The number of hydrogen-bond acceptors (Lipinski definition) is 4. The highest BCUT2D eigenvalue weighted by atomic mass is 16.5. The summed E-state index contributed by atoms with van der Waals surface area (Å²) in [5, 5.41) is 5.57. The number of amides is 2. The molecule has 0 aromatic heterocycles. The Labute approximate surface area is 159 Å². The Balaban J connectivity index is 1.48. The fourth-order valence-corrected chi connectivity index (χ4v) is 3.28. The first-order valence-corrected chi connectivity index (χ1v) is 9.21. The minimum Gasteiger partial charge on any atom is -0.497 e. The van der Waals surface area contributed by atoms with Gasteiger partial charge in [0.1, 0.15) is 23.9 Å². The van der Waals surface area contributed by atoms with Gasteiger partial charge in [0.2, 0.25) is 0 Å². The third-order valence-electron chi connectivity index (χ3n) is 4.66. The maximum Gasteiger partial charge on any atom is 0.319 e. The molecular weight excluding hydrogens is 344 g/mol. The van der Waals surface area contributed by atoms with E-state index in [1.165, 1.54) is 24.0 Å². The lowest BCUT2D eigenvalue weighted by Crippen LogP contribution is -2.32. The van der Waals surface area contributed by atoms with Crippen molar-refractivity contribution in [2.45, 2.75) is 25.7 Å². The highest BCUT2D eigenvalue weighted by Gasteiger charge is 2.14. The smallest absolute Gasteiger partial charge is 0.319 e. The zero-order valence-electron chi connectivity index (χ0n) is 15.8. The predicted molar refractivity (Wildman–Crippen MR) is 105 cm³/mol. The summed E-state index contributed by atoms with van der Waals surface area (Å²) in [6, 6.07) is 11.1. The van der Waals surface area contributed by atoms with Crippen LogP contribution in [0.2, 0.25) is 0 Å². The summed E-state index contributed by atoms with van der Waals surface area (Å²) in [7, 11) is 3.13. The lowest BCUT2D eigenvalue weighted by molar-refractivity contribution is 0.247. The Morgan fingerprint density at radius 3 is 2.70 bits per heavy atom. The van der Waals surface area contributed by atoms with E-state index in [-0.39, 0.29) is 6.03 Å². The van der Waals surface area contributed by atoms with E-state index in [1.807, 2.05) is 12.1 Å². The quantitative estimate of drug-likeness (QED) is 0.728. The van der Waals surface area contributed by atoms with E-state index in [1.54, 1.807) is 32.4 Å². The van der Waals surface area contributed by atoms with Gasteiger partial charge in [-0.15, -0.1) is 0 Å². The summed E-state index contributed by atoms with van der Waals surface area (Å²) in [6.45, 7) is 0.831. The second-order valence-electron chi connectivity index (χ2n) is 6.40. The number of nitrogens with one attached hydrogen (secondary N) is 2. The largest absolute Gasteiger partial charge is 0.497 e. The molecule has 1 aliphatic carbocycles. The average Bonchev–Trinajstić information content (AvgIpc) is 2.71. The van der Waals surface area contributed by atoms with E-state index in [0.717, 1.165) is 18.6 Å². The van der Waals surface area contributed by atoms with Crippen LogP contribution in [0.3, 0.4) is 0 Å². The topological polar surface area (TPSA) is 68.8 Å². The van der Waals surface area contributed by atoms with Crippen LogP contribution in [0.4, 0.5) is 10.5 Å². The van der Waals surface area contributed by atoms with Gasteiger partial charge in [0.05, 0.1) is 26.5 Å². The number of anilines is 1. The Morgan fingerprint density at radius 2 is 1.89 bits per heavy atom. The molecule has 6 nitrogen and oxygen atoms in total. The van der Waals surface area contributed by atoms with Gasteiger partial charge in [-0.1, -0.05) is 12.1 Å². The molecule has 1 aliphatic rings. The van der Waals surface area contributed by atoms with Gasteiger partial charge in [-0.3, -0.25) is 0 Å². The Kier molecular flexibility index (Phi) is 6.41. The van der Waals surface area contributed by atoms with Gasteiger partial charge in [-0.25, -0.2) is 4.79 Å². The third-order valence-corrected chi connectivity index (χ3v) is 4.66. The number of ether oxygens (including phenoxy) is 3. The molecule has 0 saturated carbocycles. The van der Waals surface area contributed by atoms with Gasteiger partial charge < -0.3 is 24.8 Å². The van der Waals surface area contributed by atoms with Crippen molar-refractivity contribution in [1.82, 2.24) is 5.32 Å². The number of carbonyl (C=O) groups is 1. The molecule has 2 amide bonds. The molecule has 3 rings (SSSR count). The van der Waals surface area contributed by atoms with Crippen molar-refractivity contribution in [1.29, 1.82) is 0 Å². The molecule has 0 fully saturated rings. The number of rotatable bonds is 7. The molecule has 0 aliphatic heterocycles. The van der Waals surface area contributed by atoms with Crippen LogP contribution in [0.25, 0.3) is 0 Å². The minimum atomic E-state index is -0.308. The summed E-state index contributed by atoms with van der Waals surface area (Å²) in [5.41, 5.74) is 3.28. The lowest BCUT2D eigenvalue weighted by atomic mass is 9.91. The zero-order chi connectivity index (χ0) is 19.1. The van der Waals surface area contributed by atoms with Crippen molar-refractivity contribution in [2.24, 2.45) is 0 Å². The van der Waals surface area contributed by atoms with Crippen molar-refractivity contribution in [3.63, 3.8) is 0 Å². The number of urea groups is 1. The first-order chi connectivity index (χ1) is 13.2. The highest BCUT2D eigenvalue weighted by Crippen LogP contribution is 2.30. The number of hydrogen-bond donors (Lipinski definition) is 2. The molecule has 0 radical (unpaired) electrons. The van der Waals surface area contributed by atoms with Crippen molar-refractivity contribution in [3.8, 4) is 17.2 Å². The van der Waals surface area contributed by atoms with Gasteiger partial charge in [0, 0.05) is 6.07 Å². The van der Waals surface area contributed by atoms with Crippen LogP contribution in [0.5, 0.6) is 17.2 Å². The second-order valence-corrected chi connectivity index (χ2v) is 6.40. The molecule has 0 heterocycles. The van der Waals surface area contributed by atoms with Crippen LogP contribution >= 0.6 is 0 Å². The molecule has 0 saturated heterocycles. The van der Waals surface area contributed by atoms with E-state index in [2.05, 4.69) is 16.7 Å². The zero-order valence-corrected chi connectivity index (χ0v) is 15.8. The minimum absolute atomic E-state index is 0.308. The van der Waals surface area contributed by atoms with E-state index in [4.69, 9.17) is 14.2 Å². The van der Waals surface area contributed by atoms with Crippen molar-refractivity contribution in [2.75, 3.05) is 32.7 Å². The van der Waals surface area contributed by atoms with E-state index < -0.39 is 0 Å². The van der Waals surface area contributed by atoms with Crippen molar-refractivity contribution >= 4 is 11.7 Å². The van der Waals surface area contributed by atoms with Crippen LogP contribution in [-0.2, 0) is 12.8 Å². The molecule has 27 heavy (non-hydrogen) atoms.